The third-order valence-electron chi connectivity index (χ3n) is 4.75. The number of thioether (sulfide) groups is 1. The number of rotatable bonds is 4. The smallest absolute Gasteiger partial charge is 0.255 e. The summed E-state index contributed by atoms with van der Waals surface area (Å²) in [5, 5.41) is 2.52. The lowest BCUT2D eigenvalue weighted by atomic mass is 10.1. The minimum absolute atomic E-state index is 0.141. The molecule has 1 heterocycles. The molecule has 1 N–H and O–H groups in total. The van der Waals surface area contributed by atoms with Gasteiger partial charge in [0.15, 0.2) is 0 Å². The van der Waals surface area contributed by atoms with Crippen LogP contribution in [0, 0.1) is 12.7 Å². The summed E-state index contributed by atoms with van der Waals surface area (Å²) in [5.41, 5.74) is 3.12. The Balaban J connectivity index is 1.62. The highest BCUT2D eigenvalue weighted by molar-refractivity contribution is 9.10. The van der Waals surface area contributed by atoms with Crippen LogP contribution in [0.3, 0.4) is 0 Å². The average molecular weight is 485 g/mol. The van der Waals surface area contributed by atoms with Gasteiger partial charge in [-0.3, -0.25) is 14.5 Å². The Morgan fingerprint density at radius 2 is 1.93 bits per heavy atom. The van der Waals surface area contributed by atoms with Crippen molar-refractivity contribution in [3.8, 4) is 0 Å². The number of amides is 2. The van der Waals surface area contributed by atoms with Crippen molar-refractivity contribution in [2.45, 2.75) is 12.3 Å². The van der Waals surface area contributed by atoms with Crippen molar-refractivity contribution in [3.63, 3.8) is 0 Å². The van der Waals surface area contributed by atoms with E-state index >= 15 is 0 Å². The number of nitrogens with zero attached hydrogens (tertiary/aromatic N) is 1. The minimum Gasteiger partial charge on any atom is -0.322 e. The quantitative estimate of drug-likeness (QED) is 0.499. The lowest BCUT2D eigenvalue weighted by molar-refractivity contribution is -0.115. The molecule has 152 valence electrons. The molecule has 4 rings (SSSR count). The van der Waals surface area contributed by atoms with Gasteiger partial charge in [0.2, 0.25) is 5.91 Å². The zero-order chi connectivity index (χ0) is 21.3. The fourth-order valence-corrected chi connectivity index (χ4v) is 4.90. The summed E-state index contributed by atoms with van der Waals surface area (Å²) in [6.45, 7) is 1.86. The van der Waals surface area contributed by atoms with Crippen molar-refractivity contribution in [2.75, 3.05) is 16.0 Å². The molecule has 7 heteroatoms. The first kappa shape index (κ1) is 20.6. The van der Waals surface area contributed by atoms with E-state index in [9.17, 15) is 14.0 Å². The van der Waals surface area contributed by atoms with Gasteiger partial charge in [-0.25, -0.2) is 4.39 Å². The number of halogens is 2. The molecule has 1 fully saturated rings. The van der Waals surface area contributed by atoms with Crippen LogP contribution in [-0.4, -0.2) is 17.6 Å². The molecule has 1 aliphatic rings. The van der Waals surface area contributed by atoms with E-state index in [4.69, 9.17) is 0 Å². The maximum atomic E-state index is 14.5. The standard InChI is InChI=1S/C23H18BrFN2O2S/c1-14-8-9-19(25)20(10-14)27-21(28)13-30-23(27)16-5-3-7-18(12-16)26-22(29)15-4-2-6-17(24)11-15/h2-12,23H,13H2,1H3,(H,26,29). The van der Waals surface area contributed by atoms with Gasteiger partial charge in [-0.1, -0.05) is 40.2 Å². The van der Waals surface area contributed by atoms with Gasteiger partial charge in [-0.2, -0.15) is 0 Å². The van der Waals surface area contributed by atoms with E-state index < -0.39 is 5.82 Å². The second kappa shape index (κ2) is 8.62. The molecule has 4 nitrogen and oxygen atoms in total. The second-order valence-corrected chi connectivity index (χ2v) is 8.96. The number of anilines is 2. The Kier molecular flexibility index (Phi) is 5.92. The maximum absolute atomic E-state index is 14.5. The van der Waals surface area contributed by atoms with Crippen molar-refractivity contribution in [1.29, 1.82) is 0 Å². The highest BCUT2D eigenvalue weighted by atomic mass is 79.9. The molecule has 0 bridgehead atoms. The Morgan fingerprint density at radius 1 is 1.13 bits per heavy atom. The number of carbonyl (C=O) groups is 2. The molecular weight excluding hydrogens is 467 g/mol. The molecule has 0 radical (unpaired) electrons. The van der Waals surface area contributed by atoms with Crippen molar-refractivity contribution in [3.05, 3.63) is 93.7 Å². The van der Waals surface area contributed by atoms with Gasteiger partial charge in [0.1, 0.15) is 11.2 Å². The van der Waals surface area contributed by atoms with Gasteiger partial charge in [-0.15, -0.1) is 11.8 Å². The van der Waals surface area contributed by atoms with Crippen LogP contribution < -0.4 is 10.2 Å². The van der Waals surface area contributed by atoms with Crippen LogP contribution in [0.2, 0.25) is 0 Å². The van der Waals surface area contributed by atoms with E-state index in [0.29, 0.717) is 11.3 Å². The zero-order valence-corrected chi connectivity index (χ0v) is 18.5. The molecule has 1 unspecified atom stereocenters. The van der Waals surface area contributed by atoms with Gasteiger partial charge in [0.25, 0.3) is 5.91 Å². The fraction of sp³-hybridized carbons (Fsp3) is 0.130. The van der Waals surface area contributed by atoms with Gasteiger partial charge < -0.3 is 5.32 Å². The van der Waals surface area contributed by atoms with E-state index in [2.05, 4.69) is 21.2 Å². The van der Waals surface area contributed by atoms with Crippen LogP contribution >= 0.6 is 27.7 Å². The third kappa shape index (κ3) is 4.27. The van der Waals surface area contributed by atoms with Gasteiger partial charge in [-0.05, 0) is 60.5 Å². The van der Waals surface area contributed by atoms with E-state index in [0.717, 1.165) is 15.6 Å². The van der Waals surface area contributed by atoms with Crippen LogP contribution in [0.1, 0.15) is 26.9 Å². The summed E-state index contributed by atoms with van der Waals surface area (Å²) in [5.74, 6) is -0.532. The number of benzene rings is 3. The second-order valence-electron chi connectivity index (χ2n) is 6.97. The highest BCUT2D eigenvalue weighted by Gasteiger charge is 2.35. The molecular formula is C23H18BrFN2O2S. The molecule has 2 amide bonds. The van der Waals surface area contributed by atoms with Crippen LogP contribution in [0.25, 0.3) is 0 Å². The number of carbonyl (C=O) groups excluding carboxylic acids is 2. The normalized spacial score (nSPS) is 16.0. The lowest BCUT2D eigenvalue weighted by Crippen LogP contribution is -2.28. The number of hydrogen-bond acceptors (Lipinski definition) is 3. The number of aryl methyl sites for hydroxylation is 1. The first-order chi connectivity index (χ1) is 14.4. The Morgan fingerprint density at radius 3 is 2.73 bits per heavy atom. The summed E-state index contributed by atoms with van der Waals surface area (Å²) in [7, 11) is 0. The summed E-state index contributed by atoms with van der Waals surface area (Å²) in [6, 6.07) is 19.2. The van der Waals surface area contributed by atoms with Crippen LogP contribution in [0.5, 0.6) is 0 Å². The molecule has 1 saturated heterocycles. The van der Waals surface area contributed by atoms with Gasteiger partial charge in [0, 0.05) is 15.7 Å². The van der Waals surface area contributed by atoms with Gasteiger partial charge >= 0.3 is 0 Å². The largest absolute Gasteiger partial charge is 0.322 e. The SMILES string of the molecule is Cc1ccc(F)c(N2C(=O)CSC2c2cccc(NC(=O)c3cccc(Br)c3)c2)c1. The summed E-state index contributed by atoms with van der Waals surface area (Å²) < 4.78 is 15.3. The molecule has 30 heavy (non-hydrogen) atoms. The van der Waals surface area contributed by atoms with Crippen molar-refractivity contribution in [2.24, 2.45) is 0 Å². The molecule has 1 aliphatic heterocycles. The van der Waals surface area contributed by atoms with Gasteiger partial charge in [0.05, 0.1) is 11.4 Å². The topological polar surface area (TPSA) is 49.4 Å². The Hall–Kier alpha value is -2.64. The molecule has 0 saturated carbocycles. The number of nitrogens with one attached hydrogen (secondary N) is 1. The molecule has 0 spiro atoms. The summed E-state index contributed by atoms with van der Waals surface area (Å²) >= 11 is 4.80. The first-order valence-electron chi connectivity index (χ1n) is 9.29. The van der Waals surface area contributed by atoms with E-state index in [-0.39, 0.29) is 28.6 Å². The van der Waals surface area contributed by atoms with Crippen LogP contribution in [-0.2, 0) is 4.79 Å². The molecule has 3 aromatic rings. The van der Waals surface area contributed by atoms with Crippen molar-refractivity contribution >= 4 is 50.9 Å². The molecule has 3 aromatic carbocycles. The minimum atomic E-state index is -0.430. The first-order valence-corrected chi connectivity index (χ1v) is 11.1. The Bertz CT molecular complexity index is 1140. The van der Waals surface area contributed by atoms with E-state index in [1.54, 1.807) is 36.4 Å². The van der Waals surface area contributed by atoms with Crippen molar-refractivity contribution < 1.29 is 14.0 Å². The van der Waals surface area contributed by atoms with E-state index in [1.165, 1.54) is 22.7 Å². The van der Waals surface area contributed by atoms with E-state index in [1.807, 2.05) is 31.2 Å². The Labute approximate surface area is 186 Å². The van der Waals surface area contributed by atoms with Crippen molar-refractivity contribution in [1.82, 2.24) is 0 Å². The zero-order valence-electron chi connectivity index (χ0n) is 16.1. The van der Waals surface area contributed by atoms with Crippen LogP contribution in [0.4, 0.5) is 15.8 Å². The predicted molar refractivity (Wildman–Crippen MR) is 122 cm³/mol. The van der Waals surface area contributed by atoms with Crippen LogP contribution in [0.15, 0.2) is 71.2 Å². The molecule has 0 aromatic heterocycles. The summed E-state index contributed by atoms with van der Waals surface area (Å²) in [4.78, 5) is 26.6. The summed E-state index contributed by atoms with van der Waals surface area (Å²) in [6.07, 6.45) is 0. The number of hydrogen-bond donors (Lipinski definition) is 1. The monoisotopic (exact) mass is 484 g/mol. The molecule has 1 atom stereocenters. The maximum Gasteiger partial charge on any atom is 0.255 e. The fourth-order valence-electron chi connectivity index (χ4n) is 3.34. The molecule has 0 aliphatic carbocycles. The lowest BCUT2D eigenvalue weighted by Gasteiger charge is -2.25. The third-order valence-corrected chi connectivity index (χ3v) is 6.45. The predicted octanol–water partition coefficient (Wildman–Crippen LogP) is 5.93. The average Bonchev–Trinajstić information content (AvgIpc) is 3.11. The highest BCUT2D eigenvalue weighted by Crippen LogP contribution is 2.43.